The minimum absolute atomic E-state index is 1.07. The molecule has 78 valence electrons. The van der Waals surface area contributed by atoms with Gasteiger partial charge >= 0.3 is 0 Å². The Hall–Kier alpha value is -0.980. The van der Waals surface area contributed by atoms with Crippen molar-refractivity contribution in [3.8, 4) is 0 Å². The van der Waals surface area contributed by atoms with E-state index >= 15 is 0 Å². The highest BCUT2D eigenvalue weighted by Crippen LogP contribution is 2.26. The molecule has 0 atom stereocenters. The van der Waals surface area contributed by atoms with E-state index in [9.17, 15) is 0 Å². The van der Waals surface area contributed by atoms with E-state index in [4.69, 9.17) is 0 Å². The van der Waals surface area contributed by atoms with E-state index in [1.54, 1.807) is 0 Å². The van der Waals surface area contributed by atoms with Crippen LogP contribution in [0.25, 0.3) is 0 Å². The SMILES string of the molecule is CCc1cc(C)cc(C)c1N(C)CC. The third-order valence-electron chi connectivity index (χ3n) is 2.76. The summed E-state index contributed by atoms with van der Waals surface area (Å²) in [5, 5.41) is 0. The van der Waals surface area contributed by atoms with E-state index in [0.29, 0.717) is 0 Å². The molecule has 0 fully saturated rings. The molecule has 0 unspecified atom stereocenters. The molecule has 0 bridgehead atoms. The Labute approximate surface area is 87.7 Å². The first kappa shape index (κ1) is 11.1. The molecule has 0 N–H and O–H groups in total. The maximum Gasteiger partial charge on any atom is 0.0425 e. The van der Waals surface area contributed by atoms with E-state index < -0.39 is 0 Å². The third kappa shape index (κ3) is 2.09. The molecule has 1 aromatic carbocycles. The normalized spacial score (nSPS) is 10.4. The minimum atomic E-state index is 1.07. The van der Waals surface area contributed by atoms with E-state index in [1.165, 1.54) is 22.4 Å². The van der Waals surface area contributed by atoms with Gasteiger partial charge in [0.15, 0.2) is 0 Å². The van der Waals surface area contributed by atoms with Gasteiger partial charge in [0.2, 0.25) is 0 Å². The zero-order chi connectivity index (χ0) is 10.7. The predicted molar refractivity (Wildman–Crippen MR) is 64.2 cm³/mol. The topological polar surface area (TPSA) is 3.24 Å². The Morgan fingerprint density at radius 3 is 2.29 bits per heavy atom. The number of aryl methyl sites for hydroxylation is 3. The van der Waals surface area contributed by atoms with Crippen molar-refractivity contribution >= 4 is 5.69 Å². The quantitative estimate of drug-likeness (QED) is 0.708. The first-order valence-corrected chi connectivity index (χ1v) is 5.41. The van der Waals surface area contributed by atoms with Crippen LogP contribution in [-0.4, -0.2) is 13.6 Å². The van der Waals surface area contributed by atoms with Crippen LogP contribution >= 0.6 is 0 Å². The van der Waals surface area contributed by atoms with Crippen LogP contribution in [0.1, 0.15) is 30.5 Å². The first-order chi connectivity index (χ1) is 6.60. The summed E-state index contributed by atoms with van der Waals surface area (Å²) < 4.78 is 0. The second-order valence-electron chi connectivity index (χ2n) is 3.96. The van der Waals surface area contributed by atoms with Crippen molar-refractivity contribution < 1.29 is 0 Å². The molecule has 1 rings (SSSR count). The Balaban J connectivity index is 3.24. The molecule has 0 radical (unpaired) electrons. The van der Waals surface area contributed by atoms with Gasteiger partial charge in [-0.05, 0) is 38.3 Å². The van der Waals surface area contributed by atoms with Crippen molar-refractivity contribution in [2.75, 3.05) is 18.5 Å². The number of hydrogen-bond donors (Lipinski definition) is 0. The lowest BCUT2D eigenvalue weighted by atomic mass is 10.0. The molecule has 0 aliphatic rings. The Morgan fingerprint density at radius 1 is 1.14 bits per heavy atom. The fourth-order valence-corrected chi connectivity index (χ4v) is 2.02. The van der Waals surface area contributed by atoms with Crippen LogP contribution in [0.4, 0.5) is 5.69 Å². The van der Waals surface area contributed by atoms with E-state index in [0.717, 1.165) is 13.0 Å². The lowest BCUT2D eigenvalue weighted by Crippen LogP contribution is -2.18. The summed E-state index contributed by atoms with van der Waals surface area (Å²) in [5.74, 6) is 0. The van der Waals surface area contributed by atoms with Crippen molar-refractivity contribution in [3.05, 3.63) is 28.8 Å². The maximum atomic E-state index is 2.33. The lowest BCUT2D eigenvalue weighted by molar-refractivity contribution is 0.939. The fourth-order valence-electron chi connectivity index (χ4n) is 2.02. The molecule has 14 heavy (non-hydrogen) atoms. The number of nitrogens with zero attached hydrogens (tertiary/aromatic N) is 1. The Morgan fingerprint density at radius 2 is 1.79 bits per heavy atom. The molecule has 1 aromatic rings. The van der Waals surface area contributed by atoms with Crippen molar-refractivity contribution in [1.29, 1.82) is 0 Å². The summed E-state index contributed by atoms with van der Waals surface area (Å²) in [7, 11) is 2.16. The minimum Gasteiger partial charge on any atom is -0.374 e. The monoisotopic (exact) mass is 191 g/mol. The summed E-state index contributed by atoms with van der Waals surface area (Å²) in [6.45, 7) is 9.85. The van der Waals surface area contributed by atoms with Gasteiger partial charge in [-0.3, -0.25) is 0 Å². The number of hydrogen-bond acceptors (Lipinski definition) is 1. The van der Waals surface area contributed by atoms with Crippen LogP contribution in [-0.2, 0) is 6.42 Å². The van der Waals surface area contributed by atoms with Crippen LogP contribution in [0.3, 0.4) is 0 Å². The second kappa shape index (κ2) is 4.50. The molecular formula is C13H21N. The van der Waals surface area contributed by atoms with Crippen LogP contribution in [0.15, 0.2) is 12.1 Å². The summed E-state index contributed by atoms with van der Waals surface area (Å²) in [6, 6.07) is 4.56. The molecule has 0 aliphatic heterocycles. The lowest BCUT2D eigenvalue weighted by Gasteiger charge is -2.23. The largest absolute Gasteiger partial charge is 0.374 e. The molecule has 0 aromatic heterocycles. The van der Waals surface area contributed by atoms with E-state index in [2.05, 4.69) is 51.8 Å². The van der Waals surface area contributed by atoms with Crippen molar-refractivity contribution in [1.82, 2.24) is 0 Å². The van der Waals surface area contributed by atoms with Gasteiger partial charge in [0.25, 0.3) is 0 Å². The van der Waals surface area contributed by atoms with Gasteiger partial charge in [0.1, 0.15) is 0 Å². The molecule has 1 nitrogen and oxygen atoms in total. The van der Waals surface area contributed by atoms with Crippen molar-refractivity contribution in [3.63, 3.8) is 0 Å². The van der Waals surface area contributed by atoms with Gasteiger partial charge in [-0.1, -0.05) is 24.6 Å². The summed E-state index contributed by atoms with van der Waals surface area (Å²) in [4.78, 5) is 2.33. The molecule has 1 heteroatoms. The third-order valence-corrected chi connectivity index (χ3v) is 2.76. The average Bonchev–Trinajstić information content (AvgIpc) is 2.15. The van der Waals surface area contributed by atoms with Gasteiger partial charge in [-0.25, -0.2) is 0 Å². The molecule has 0 heterocycles. The Kier molecular flexibility index (Phi) is 3.56. The molecular weight excluding hydrogens is 170 g/mol. The highest BCUT2D eigenvalue weighted by Gasteiger charge is 2.08. The summed E-state index contributed by atoms with van der Waals surface area (Å²) >= 11 is 0. The number of anilines is 1. The van der Waals surface area contributed by atoms with Gasteiger partial charge in [0, 0.05) is 19.3 Å². The second-order valence-corrected chi connectivity index (χ2v) is 3.96. The number of benzene rings is 1. The smallest absolute Gasteiger partial charge is 0.0425 e. The molecule has 0 aliphatic carbocycles. The van der Waals surface area contributed by atoms with Crippen molar-refractivity contribution in [2.45, 2.75) is 34.1 Å². The maximum absolute atomic E-state index is 2.33. The van der Waals surface area contributed by atoms with Gasteiger partial charge < -0.3 is 4.90 Å². The predicted octanol–water partition coefficient (Wildman–Crippen LogP) is 3.32. The van der Waals surface area contributed by atoms with Crippen LogP contribution < -0.4 is 4.90 Å². The molecule has 0 spiro atoms. The first-order valence-electron chi connectivity index (χ1n) is 5.41. The van der Waals surface area contributed by atoms with Gasteiger partial charge in [-0.15, -0.1) is 0 Å². The molecule has 0 amide bonds. The molecule has 0 saturated heterocycles. The number of rotatable bonds is 3. The van der Waals surface area contributed by atoms with Crippen LogP contribution in [0, 0.1) is 13.8 Å². The average molecular weight is 191 g/mol. The molecule has 0 saturated carbocycles. The zero-order valence-corrected chi connectivity index (χ0v) is 10.0. The van der Waals surface area contributed by atoms with Gasteiger partial charge in [0.05, 0.1) is 0 Å². The summed E-state index contributed by atoms with van der Waals surface area (Å²) in [6.07, 6.45) is 1.11. The van der Waals surface area contributed by atoms with Gasteiger partial charge in [-0.2, -0.15) is 0 Å². The van der Waals surface area contributed by atoms with E-state index in [1.807, 2.05) is 0 Å². The standard InChI is InChI=1S/C13H21N/c1-6-12-9-10(3)8-11(4)13(12)14(5)7-2/h8-9H,6-7H2,1-5H3. The van der Waals surface area contributed by atoms with Crippen LogP contribution in [0.2, 0.25) is 0 Å². The van der Waals surface area contributed by atoms with Crippen molar-refractivity contribution in [2.24, 2.45) is 0 Å². The van der Waals surface area contributed by atoms with E-state index in [-0.39, 0.29) is 0 Å². The highest BCUT2D eigenvalue weighted by molar-refractivity contribution is 5.60. The Bertz CT molecular complexity index is 315. The zero-order valence-electron chi connectivity index (χ0n) is 10.0. The summed E-state index contributed by atoms with van der Waals surface area (Å²) in [5.41, 5.74) is 5.64. The highest BCUT2D eigenvalue weighted by atomic mass is 15.1. The van der Waals surface area contributed by atoms with Crippen LogP contribution in [0.5, 0.6) is 0 Å². The fraction of sp³-hybridized carbons (Fsp3) is 0.538.